The van der Waals surface area contributed by atoms with Gasteiger partial charge < -0.3 is 5.73 Å². The minimum absolute atomic E-state index is 0.0548. The fourth-order valence-electron chi connectivity index (χ4n) is 3.25. The van der Waals surface area contributed by atoms with Crippen molar-refractivity contribution < 1.29 is 22.4 Å². The van der Waals surface area contributed by atoms with Gasteiger partial charge in [0.1, 0.15) is 5.82 Å². The van der Waals surface area contributed by atoms with E-state index in [2.05, 4.69) is 5.10 Å². The Morgan fingerprint density at radius 3 is 2.45 bits per heavy atom. The summed E-state index contributed by atoms with van der Waals surface area (Å²) in [6.07, 6.45) is -4.57. The van der Waals surface area contributed by atoms with Crippen LogP contribution in [0.5, 0.6) is 0 Å². The summed E-state index contributed by atoms with van der Waals surface area (Å²) in [6.45, 7) is 4.18. The maximum Gasteiger partial charge on any atom is 0.416 e. The molecule has 1 aromatic heterocycles. The van der Waals surface area contributed by atoms with Gasteiger partial charge in [-0.3, -0.25) is 9.48 Å². The lowest BCUT2D eigenvalue weighted by molar-refractivity contribution is -0.137. The summed E-state index contributed by atoms with van der Waals surface area (Å²) in [7, 11) is 0. The molecule has 0 aliphatic carbocycles. The van der Waals surface area contributed by atoms with Crippen molar-refractivity contribution in [2.45, 2.75) is 33.0 Å². The number of carbonyl (C=O) groups is 1. The third-order valence-corrected chi connectivity index (χ3v) is 4.59. The molecule has 152 valence electrons. The number of hydrogen-bond acceptors (Lipinski definition) is 2. The van der Waals surface area contributed by atoms with Crippen molar-refractivity contribution in [1.82, 2.24) is 9.78 Å². The second-order valence-electron chi connectivity index (χ2n) is 6.75. The van der Waals surface area contributed by atoms with Gasteiger partial charge in [-0.2, -0.15) is 18.3 Å². The van der Waals surface area contributed by atoms with Crippen molar-refractivity contribution >= 4 is 5.91 Å². The Kier molecular flexibility index (Phi) is 5.46. The minimum Gasteiger partial charge on any atom is -0.366 e. The third kappa shape index (κ3) is 4.47. The van der Waals surface area contributed by atoms with Crippen LogP contribution in [0.15, 0.2) is 42.5 Å². The fraction of sp³-hybridized carbons (Fsp3) is 0.238. The van der Waals surface area contributed by atoms with Crippen molar-refractivity contribution in [2.24, 2.45) is 5.73 Å². The summed E-state index contributed by atoms with van der Waals surface area (Å²) in [5.74, 6) is -1.46. The highest BCUT2D eigenvalue weighted by Crippen LogP contribution is 2.31. The minimum atomic E-state index is -4.62. The van der Waals surface area contributed by atoms with Crippen molar-refractivity contribution in [3.8, 4) is 11.3 Å². The fourth-order valence-corrected chi connectivity index (χ4v) is 3.25. The molecule has 4 nitrogen and oxygen atoms in total. The zero-order valence-electron chi connectivity index (χ0n) is 15.8. The van der Waals surface area contributed by atoms with Gasteiger partial charge in [-0.1, -0.05) is 6.07 Å². The number of rotatable bonds is 5. The van der Waals surface area contributed by atoms with Gasteiger partial charge in [0.25, 0.3) is 0 Å². The molecule has 2 N–H and O–H groups in total. The lowest BCUT2D eigenvalue weighted by Crippen LogP contribution is -2.12. The van der Waals surface area contributed by atoms with Crippen molar-refractivity contribution in [1.29, 1.82) is 0 Å². The van der Waals surface area contributed by atoms with Gasteiger partial charge in [-0.25, -0.2) is 4.39 Å². The molecule has 0 unspecified atom stereocenters. The average Bonchev–Trinajstić information content (AvgIpc) is 3.03. The number of alkyl halides is 3. The predicted molar refractivity (Wildman–Crippen MR) is 101 cm³/mol. The largest absolute Gasteiger partial charge is 0.416 e. The van der Waals surface area contributed by atoms with Gasteiger partial charge in [0, 0.05) is 24.1 Å². The predicted octanol–water partition coefficient (Wildman–Crippen LogP) is 4.73. The maximum absolute atomic E-state index is 13.7. The van der Waals surface area contributed by atoms with E-state index in [-0.39, 0.29) is 12.0 Å². The molecule has 0 saturated heterocycles. The SMILES string of the molecule is CCn1nc(Cc2cc(F)cc(C(F)(F)F)c2)cc1-c1ccc(C(N)=O)c(C)c1. The summed E-state index contributed by atoms with van der Waals surface area (Å²) in [5.41, 5.74) is 7.67. The summed E-state index contributed by atoms with van der Waals surface area (Å²) in [4.78, 5) is 11.4. The van der Waals surface area contributed by atoms with E-state index in [0.29, 0.717) is 29.4 Å². The van der Waals surface area contributed by atoms with E-state index in [9.17, 15) is 22.4 Å². The zero-order chi connectivity index (χ0) is 21.3. The van der Waals surface area contributed by atoms with E-state index < -0.39 is 23.5 Å². The maximum atomic E-state index is 13.7. The lowest BCUT2D eigenvalue weighted by atomic mass is 10.0. The Morgan fingerprint density at radius 2 is 1.86 bits per heavy atom. The van der Waals surface area contributed by atoms with Gasteiger partial charge >= 0.3 is 6.18 Å². The Hall–Kier alpha value is -3.16. The Balaban J connectivity index is 1.96. The highest BCUT2D eigenvalue weighted by atomic mass is 19.4. The first-order chi connectivity index (χ1) is 13.6. The number of amides is 1. The van der Waals surface area contributed by atoms with Gasteiger partial charge in [0.05, 0.1) is 17.0 Å². The smallest absolute Gasteiger partial charge is 0.366 e. The number of hydrogen-bond donors (Lipinski definition) is 1. The third-order valence-electron chi connectivity index (χ3n) is 4.59. The van der Waals surface area contributed by atoms with Crippen LogP contribution in [-0.4, -0.2) is 15.7 Å². The number of nitrogens with zero attached hydrogens (tertiary/aromatic N) is 2. The topological polar surface area (TPSA) is 60.9 Å². The molecule has 29 heavy (non-hydrogen) atoms. The van der Waals surface area contributed by atoms with Crippen molar-refractivity contribution in [3.05, 3.63) is 76.2 Å². The summed E-state index contributed by atoms with van der Waals surface area (Å²) in [5, 5.41) is 4.43. The van der Waals surface area contributed by atoms with Gasteiger partial charge in [0.15, 0.2) is 0 Å². The van der Waals surface area contributed by atoms with E-state index in [4.69, 9.17) is 5.73 Å². The van der Waals surface area contributed by atoms with Crippen LogP contribution in [0.4, 0.5) is 17.6 Å². The van der Waals surface area contributed by atoms with E-state index >= 15 is 0 Å². The van der Waals surface area contributed by atoms with Crippen molar-refractivity contribution in [2.75, 3.05) is 0 Å². The number of halogens is 4. The van der Waals surface area contributed by atoms with Crippen LogP contribution < -0.4 is 5.73 Å². The van der Waals surface area contributed by atoms with Crippen LogP contribution in [0.2, 0.25) is 0 Å². The quantitative estimate of drug-likeness (QED) is 0.624. The highest BCUT2D eigenvalue weighted by molar-refractivity contribution is 5.94. The molecule has 0 radical (unpaired) electrons. The molecule has 0 aliphatic rings. The number of nitrogens with two attached hydrogens (primary N) is 1. The van der Waals surface area contributed by atoms with Crippen LogP contribution in [0.1, 0.15) is 39.7 Å². The summed E-state index contributed by atoms with van der Waals surface area (Å²) >= 11 is 0. The normalized spacial score (nSPS) is 11.7. The number of aromatic nitrogens is 2. The molecule has 0 fully saturated rings. The van der Waals surface area contributed by atoms with Gasteiger partial charge in [-0.05, 0) is 61.4 Å². The average molecular weight is 405 g/mol. The molecule has 0 aliphatic heterocycles. The molecule has 0 bridgehead atoms. The van der Waals surface area contributed by atoms with Gasteiger partial charge in [-0.15, -0.1) is 0 Å². The summed E-state index contributed by atoms with van der Waals surface area (Å²) < 4.78 is 54.2. The molecule has 2 aromatic carbocycles. The number of carbonyl (C=O) groups excluding carboxylic acids is 1. The molecule has 0 atom stereocenters. The molecule has 1 heterocycles. The van der Waals surface area contributed by atoms with E-state index in [0.717, 1.165) is 23.4 Å². The summed E-state index contributed by atoms with van der Waals surface area (Å²) in [6, 6.07) is 9.40. The molecule has 3 rings (SSSR count). The van der Waals surface area contributed by atoms with E-state index in [1.807, 2.05) is 6.92 Å². The van der Waals surface area contributed by atoms with E-state index in [1.165, 1.54) is 0 Å². The van der Waals surface area contributed by atoms with Crippen LogP contribution >= 0.6 is 0 Å². The number of primary amides is 1. The Labute approximate surface area is 165 Å². The first kappa shape index (κ1) is 20.6. The standard InChI is InChI=1S/C21H19F4N3O/c1-3-28-19(14-4-5-18(20(26)29)12(2)6-14)11-17(27-28)9-13-7-15(21(23,24)25)10-16(22)8-13/h4-8,10-11H,3,9H2,1-2H3,(H2,26,29). The van der Waals surface area contributed by atoms with Crippen LogP contribution in [0.25, 0.3) is 11.3 Å². The lowest BCUT2D eigenvalue weighted by Gasteiger charge is -2.08. The second kappa shape index (κ2) is 7.69. The Morgan fingerprint density at radius 1 is 1.14 bits per heavy atom. The molecule has 0 saturated carbocycles. The molecule has 8 heteroatoms. The molecule has 3 aromatic rings. The van der Waals surface area contributed by atoms with Crippen molar-refractivity contribution in [3.63, 3.8) is 0 Å². The monoisotopic (exact) mass is 405 g/mol. The van der Waals surface area contributed by atoms with Gasteiger partial charge in [0.2, 0.25) is 5.91 Å². The molecule has 0 spiro atoms. The highest BCUT2D eigenvalue weighted by Gasteiger charge is 2.31. The second-order valence-corrected chi connectivity index (χ2v) is 6.75. The number of benzene rings is 2. The first-order valence-corrected chi connectivity index (χ1v) is 8.92. The van der Waals surface area contributed by atoms with Crippen LogP contribution in [-0.2, 0) is 19.1 Å². The van der Waals surface area contributed by atoms with E-state index in [1.54, 1.807) is 35.9 Å². The van der Waals surface area contributed by atoms with Crippen LogP contribution in [0, 0.1) is 12.7 Å². The molecular formula is C21H19F4N3O. The van der Waals surface area contributed by atoms with Crippen LogP contribution in [0.3, 0.4) is 0 Å². The zero-order valence-corrected chi connectivity index (χ0v) is 15.8. The Bertz CT molecular complexity index is 1070. The number of aryl methyl sites for hydroxylation is 2. The molecule has 1 amide bonds. The first-order valence-electron chi connectivity index (χ1n) is 8.92. The molecular weight excluding hydrogens is 386 g/mol.